The van der Waals surface area contributed by atoms with Gasteiger partial charge in [0.1, 0.15) is 17.9 Å². The Balaban J connectivity index is 1.68. The lowest BCUT2D eigenvalue weighted by Gasteiger charge is -2.22. The number of aliphatic hydroxyl groups excluding tert-OH is 1. The van der Waals surface area contributed by atoms with Crippen molar-refractivity contribution in [2.45, 2.75) is 44.8 Å². The summed E-state index contributed by atoms with van der Waals surface area (Å²) in [5.74, 6) is 1.92. The third-order valence-electron chi connectivity index (χ3n) is 3.85. The number of aryl methyl sites for hydroxylation is 1. The highest BCUT2D eigenvalue weighted by Crippen LogP contribution is 2.23. The van der Waals surface area contributed by atoms with Crippen LogP contribution >= 0.6 is 0 Å². The number of hydrogen-bond donors (Lipinski definition) is 1. The van der Waals surface area contributed by atoms with Crippen LogP contribution in [0, 0.1) is 0 Å². The molecule has 1 aromatic rings. The summed E-state index contributed by atoms with van der Waals surface area (Å²) in [5.41, 5.74) is 0. The van der Waals surface area contributed by atoms with Gasteiger partial charge in [-0.3, -0.25) is 4.57 Å². The Kier molecular flexibility index (Phi) is 3.11. The molecule has 2 aliphatic heterocycles. The Morgan fingerprint density at radius 1 is 1.18 bits per heavy atom. The summed E-state index contributed by atoms with van der Waals surface area (Å²) in [6, 6.07) is 0. The van der Waals surface area contributed by atoms with Crippen molar-refractivity contribution in [2.75, 3.05) is 19.6 Å². The van der Waals surface area contributed by atoms with Gasteiger partial charge in [-0.15, -0.1) is 10.2 Å². The van der Waals surface area contributed by atoms with Crippen molar-refractivity contribution in [3.63, 3.8) is 0 Å². The number of aliphatic hydroxyl groups is 1. The molecular weight excluding hydrogens is 216 g/mol. The summed E-state index contributed by atoms with van der Waals surface area (Å²) in [6.45, 7) is 3.47. The molecule has 17 heavy (non-hydrogen) atoms. The highest BCUT2D eigenvalue weighted by atomic mass is 16.3. The van der Waals surface area contributed by atoms with Gasteiger partial charge in [-0.05, 0) is 38.8 Å². The Morgan fingerprint density at radius 3 is 2.82 bits per heavy atom. The van der Waals surface area contributed by atoms with E-state index in [9.17, 15) is 5.11 Å². The first-order chi connectivity index (χ1) is 8.34. The fourth-order valence-electron chi connectivity index (χ4n) is 2.88. The summed E-state index contributed by atoms with van der Waals surface area (Å²) in [4.78, 5) is 2.47. The van der Waals surface area contributed by atoms with E-state index in [2.05, 4.69) is 15.1 Å². The van der Waals surface area contributed by atoms with Crippen molar-refractivity contribution in [2.24, 2.45) is 0 Å². The van der Waals surface area contributed by atoms with Crippen LogP contribution in [-0.4, -0.2) is 44.4 Å². The molecule has 1 aromatic heterocycles. The molecule has 0 spiro atoms. The van der Waals surface area contributed by atoms with E-state index in [0.29, 0.717) is 0 Å². The topological polar surface area (TPSA) is 54.2 Å². The van der Waals surface area contributed by atoms with Gasteiger partial charge in [0.15, 0.2) is 0 Å². The first-order valence-corrected chi connectivity index (χ1v) is 6.67. The van der Waals surface area contributed by atoms with Crippen molar-refractivity contribution in [3.8, 4) is 0 Å². The maximum Gasteiger partial charge on any atom is 0.136 e. The number of rotatable bonds is 3. The smallest absolute Gasteiger partial charge is 0.136 e. The average Bonchev–Trinajstić information content (AvgIpc) is 2.95. The molecule has 0 aliphatic carbocycles. The summed E-state index contributed by atoms with van der Waals surface area (Å²) < 4.78 is 1.94. The van der Waals surface area contributed by atoms with Crippen LogP contribution in [0.1, 0.15) is 43.6 Å². The number of likely N-dealkylation sites (tertiary alicyclic amines) is 1. The van der Waals surface area contributed by atoms with Crippen LogP contribution in [0.3, 0.4) is 0 Å². The Hall–Kier alpha value is -0.940. The van der Waals surface area contributed by atoms with Crippen LogP contribution in [0.4, 0.5) is 0 Å². The van der Waals surface area contributed by atoms with Gasteiger partial charge in [0, 0.05) is 19.4 Å². The van der Waals surface area contributed by atoms with Crippen molar-refractivity contribution in [3.05, 3.63) is 11.6 Å². The fraction of sp³-hybridized carbons (Fsp3) is 0.833. The van der Waals surface area contributed by atoms with Crippen molar-refractivity contribution >= 4 is 0 Å². The van der Waals surface area contributed by atoms with E-state index >= 15 is 0 Å². The van der Waals surface area contributed by atoms with Crippen LogP contribution < -0.4 is 0 Å². The Morgan fingerprint density at radius 2 is 2.00 bits per heavy atom. The minimum Gasteiger partial charge on any atom is -0.373 e. The zero-order chi connectivity index (χ0) is 11.7. The predicted molar refractivity (Wildman–Crippen MR) is 63.6 cm³/mol. The van der Waals surface area contributed by atoms with E-state index in [1.807, 2.05) is 4.57 Å². The average molecular weight is 236 g/mol. The number of aromatic nitrogens is 3. The van der Waals surface area contributed by atoms with Crippen LogP contribution in [-0.2, 0) is 12.8 Å². The highest BCUT2D eigenvalue weighted by Gasteiger charge is 2.23. The lowest BCUT2D eigenvalue weighted by atomic mass is 10.1. The SMILES string of the molecule is OC1CCCc2nnc(CCN3CCCC3)n21. The van der Waals surface area contributed by atoms with Gasteiger partial charge in [-0.2, -0.15) is 0 Å². The van der Waals surface area contributed by atoms with Crippen LogP contribution in [0.25, 0.3) is 0 Å². The number of hydrogen-bond acceptors (Lipinski definition) is 4. The second kappa shape index (κ2) is 4.74. The first-order valence-electron chi connectivity index (χ1n) is 6.67. The van der Waals surface area contributed by atoms with E-state index in [1.54, 1.807) is 0 Å². The Labute approximate surface area is 101 Å². The molecule has 1 atom stereocenters. The van der Waals surface area contributed by atoms with Crippen molar-refractivity contribution < 1.29 is 5.11 Å². The predicted octanol–water partition coefficient (Wildman–Crippen LogP) is 0.744. The zero-order valence-electron chi connectivity index (χ0n) is 10.2. The van der Waals surface area contributed by atoms with Gasteiger partial charge in [0.05, 0.1) is 0 Å². The minimum atomic E-state index is -0.401. The highest BCUT2D eigenvalue weighted by molar-refractivity contribution is 5.01. The van der Waals surface area contributed by atoms with E-state index in [-0.39, 0.29) is 0 Å². The third-order valence-corrected chi connectivity index (χ3v) is 3.85. The lowest BCUT2D eigenvalue weighted by molar-refractivity contribution is 0.0745. The van der Waals surface area contributed by atoms with Gasteiger partial charge in [-0.25, -0.2) is 0 Å². The van der Waals surface area contributed by atoms with E-state index in [1.165, 1.54) is 25.9 Å². The number of nitrogens with zero attached hydrogens (tertiary/aromatic N) is 4. The fourth-order valence-corrected chi connectivity index (χ4v) is 2.88. The van der Waals surface area contributed by atoms with Crippen LogP contribution in [0.5, 0.6) is 0 Å². The molecule has 1 unspecified atom stereocenters. The monoisotopic (exact) mass is 236 g/mol. The molecule has 0 amide bonds. The molecule has 0 radical (unpaired) electrons. The molecule has 3 rings (SSSR count). The molecule has 1 N–H and O–H groups in total. The summed E-state index contributed by atoms with van der Waals surface area (Å²) >= 11 is 0. The molecule has 1 fully saturated rings. The molecule has 0 saturated carbocycles. The minimum absolute atomic E-state index is 0.401. The standard InChI is InChI=1S/C12H20N4O/c17-12-5-3-4-10-13-14-11(16(10)12)6-9-15-7-1-2-8-15/h12,17H,1-9H2. The normalized spacial score (nSPS) is 25.1. The van der Waals surface area contributed by atoms with E-state index < -0.39 is 6.23 Å². The van der Waals surface area contributed by atoms with E-state index in [0.717, 1.165) is 43.9 Å². The lowest BCUT2D eigenvalue weighted by Crippen LogP contribution is -2.25. The quantitative estimate of drug-likeness (QED) is 0.841. The van der Waals surface area contributed by atoms with Gasteiger partial charge >= 0.3 is 0 Å². The molecule has 3 heterocycles. The van der Waals surface area contributed by atoms with Gasteiger partial charge in [0.2, 0.25) is 0 Å². The van der Waals surface area contributed by atoms with Gasteiger partial charge < -0.3 is 10.0 Å². The van der Waals surface area contributed by atoms with Gasteiger partial charge in [-0.1, -0.05) is 0 Å². The van der Waals surface area contributed by atoms with Gasteiger partial charge in [0.25, 0.3) is 0 Å². The molecule has 5 heteroatoms. The number of fused-ring (bicyclic) bond motifs is 1. The largest absolute Gasteiger partial charge is 0.373 e. The van der Waals surface area contributed by atoms with Crippen LogP contribution in [0.15, 0.2) is 0 Å². The maximum atomic E-state index is 9.99. The van der Waals surface area contributed by atoms with Crippen molar-refractivity contribution in [1.29, 1.82) is 0 Å². The Bertz CT molecular complexity index is 384. The molecule has 1 saturated heterocycles. The summed E-state index contributed by atoms with van der Waals surface area (Å²) in [6.07, 6.45) is 5.95. The molecule has 0 bridgehead atoms. The molecule has 94 valence electrons. The van der Waals surface area contributed by atoms with E-state index in [4.69, 9.17) is 0 Å². The maximum absolute atomic E-state index is 9.99. The molecule has 0 aromatic carbocycles. The first kappa shape index (κ1) is 11.2. The molecule has 5 nitrogen and oxygen atoms in total. The second-order valence-corrected chi connectivity index (χ2v) is 5.07. The van der Waals surface area contributed by atoms with Crippen LogP contribution in [0.2, 0.25) is 0 Å². The second-order valence-electron chi connectivity index (χ2n) is 5.07. The van der Waals surface area contributed by atoms with Crippen molar-refractivity contribution in [1.82, 2.24) is 19.7 Å². The third kappa shape index (κ3) is 2.21. The molecular formula is C12H20N4O. The molecule has 2 aliphatic rings. The summed E-state index contributed by atoms with van der Waals surface area (Å²) in [7, 11) is 0. The zero-order valence-corrected chi connectivity index (χ0v) is 10.2. The summed E-state index contributed by atoms with van der Waals surface area (Å²) in [5, 5.41) is 18.4.